The van der Waals surface area contributed by atoms with Gasteiger partial charge in [-0.2, -0.15) is 0 Å². The van der Waals surface area contributed by atoms with Gasteiger partial charge in [-0.05, 0) is 41.3 Å². The van der Waals surface area contributed by atoms with Gasteiger partial charge in [-0.25, -0.2) is 0 Å². The van der Waals surface area contributed by atoms with Crippen molar-refractivity contribution in [2.24, 2.45) is 0 Å². The Labute approximate surface area is 224 Å². The molecule has 1 unspecified atom stereocenters. The molecule has 8 nitrogen and oxygen atoms in total. The lowest BCUT2D eigenvalue weighted by atomic mass is 9.94. The number of aliphatic hydroxyl groups is 1. The summed E-state index contributed by atoms with van der Waals surface area (Å²) in [7, 11) is 2.81. The molecule has 0 radical (unpaired) electrons. The van der Waals surface area contributed by atoms with Crippen LogP contribution in [0, 0.1) is 0 Å². The van der Waals surface area contributed by atoms with Crippen LogP contribution in [0.3, 0.4) is 0 Å². The second-order valence-corrected chi connectivity index (χ2v) is 9.10. The Hall–Kier alpha value is -4.30. The van der Waals surface area contributed by atoms with Crippen molar-refractivity contribution in [1.29, 1.82) is 0 Å². The number of hydrogen-bond donors (Lipinski definition) is 2. The smallest absolute Gasteiger partial charge is 0.307 e. The summed E-state index contributed by atoms with van der Waals surface area (Å²) in [6, 6.07) is 15.7. The number of anilines is 1. The second-order valence-electron chi connectivity index (χ2n) is 8.69. The Balaban J connectivity index is 1.93. The number of benzene rings is 3. The first-order valence-corrected chi connectivity index (χ1v) is 12.2. The van der Waals surface area contributed by atoms with Crippen LogP contribution < -0.4 is 14.4 Å². The minimum absolute atomic E-state index is 0.128. The lowest BCUT2D eigenvalue weighted by Crippen LogP contribution is -2.29. The van der Waals surface area contributed by atoms with Crippen molar-refractivity contribution in [3.63, 3.8) is 0 Å². The summed E-state index contributed by atoms with van der Waals surface area (Å²) in [5.74, 6) is -2.69. The predicted octanol–water partition coefficient (Wildman–Crippen LogP) is 5.17. The molecule has 1 heterocycles. The van der Waals surface area contributed by atoms with Crippen LogP contribution in [0.1, 0.15) is 35.2 Å². The van der Waals surface area contributed by atoms with E-state index in [1.807, 2.05) is 31.2 Å². The van der Waals surface area contributed by atoms with Crippen molar-refractivity contribution in [3.8, 4) is 11.5 Å². The molecule has 1 aliphatic heterocycles. The van der Waals surface area contributed by atoms with Gasteiger partial charge < -0.3 is 19.7 Å². The average Bonchev–Trinajstić information content (AvgIpc) is 3.18. The summed E-state index contributed by atoms with van der Waals surface area (Å²) in [6.45, 7) is 2.01. The number of halogens is 1. The predicted molar refractivity (Wildman–Crippen MR) is 143 cm³/mol. The minimum Gasteiger partial charge on any atom is -0.507 e. The zero-order chi connectivity index (χ0) is 27.6. The SMILES string of the molecule is CCc1ccc(C2/C(=C(\O)c3cc(OC)c(Cl)cc3OC)C(=O)C(=O)N2c2ccc(CC(=O)O)cc2)cc1. The molecule has 196 valence electrons. The van der Waals surface area contributed by atoms with Crippen LogP contribution in [-0.4, -0.2) is 42.1 Å². The molecule has 1 fully saturated rings. The summed E-state index contributed by atoms with van der Waals surface area (Å²) < 4.78 is 10.7. The summed E-state index contributed by atoms with van der Waals surface area (Å²) in [4.78, 5) is 39.3. The Morgan fingerprint density at radius 3 is 2.08 bits per heavy atom. The van der Waals surface area contributed by atoms with Crippen LogP contribution in [0.2, 0.25) is 5.02 Å². The number of carbonyl (C=O) groups excluding carboxylic acids is 2. The number of aliphatic carboxylic acids is 1. The summed E-state index contributed by atoms with van der Waals surface area (Å²) in [6.07, 6.45) is 0.618. The quantitative estimate of drug-likeness (QED) is 0.232. The van der Waals surface area contributed by atoms with Crippen molar-refractivity contribution in [3.05, 3.63) is 93.5 Å². The number of aliphatic hydroxyl groups excluding tert-OH is 1. The number of ether oxygens (including phenoxy) is 2. The van der Waals surface area contributed by atoms with Gasteiger partial charge in [0.2, 0.25) is 0 Å². The molecule has 1 atom stereocenters. The minimum atomic E-state index is -0.985. The Kier molecular flexibility index (Phi) is 7.73. The monoisotopic (exact) mass is 535 g/mol. The molecule has 0 bridgehead atoms. The molecule has 0 saturated carbocycles. The van der Waals surface area contributed by atoms with Crippen molar-refractivity contribution in [2.45, 2.75) is 25.8 Å². The molecule has 4 rings (SSSR count). The molecule has 1 amide bonds. The van der Waals surface area contributed by atoms with Gasteiger partial charge in [0.25, 0.3) is 11.7 Å². The molecule has 0 spiro atoms. The van der Waals surface area contributed by atoms with E-state index >= 15 is 0 Å². The first kappa shape index (κ1) is 26.8. The lowest BCUT2D eigenvalue weighted by Gasteiger charge is -2.26. The molecular formula is C29H26ClNO7. The highest BCUT2D eigenvalue weighted by Crippen LogP contribution is 2.44. The van der Waals surface area contributed by atoms with E-state index in [0.717, 1.165) is 12.0 Å². The van der Waals surface area contributed by atoms with Crippen LogP contribution >= 0.6 is 11.6 Å². The molecule has 38 heavy (non-hydrogen) atoms. The largest absolute Gasteiger partial charge is 0.507 e. The maximum atomic E-state index is 13.5. The maximum Gasteiger partial charge on any atom is 0.307 e. The van der Waals surface area contributed by atoms with E-state index in [1.54, 1.807) is 24.3 Å². The van der Waals surface area contributed by atoms with Gasteiger partial charge in [0, 0.05) is 11.8 Å². The molecule has 9 heteroatoms. The Morgan fingerprint density at radius 1 is 0.921 bits per heavy atom. The number of carboxylic acid groups (broad SMARTS) is 1. The normalized spacial score (nSPS) is 16.5. The molecule has 1 saturated heterocycles. The number of methoxy groups -OCH3 is 2. The topological polar surface area (TPSA) is 113 Å². The van der Waals surface area contributed by atoms with Crippen LogP contribution in [0.15, 0.2) is 66.2 Å². The third kappa shape index (κ3) is 4.95. The average molecular weight is 536 g/mol. The summed E-state index contributed by atoms with van der Waals surface area (Å²) in [5.41, 5.74) is 2.60. The number of nitrogens with zero attached hydrogens (tertiary/aromatic N) is 1. The lowest BCUT2D eigenvalue weighted by molar-refractivity contribution is -0.136. The number of rotatable bonds is 8. The van der Waals surface area contributed by atoms with Gasteiger partial charge in [0.05, 0.1) is 42.8 Å². The number of amides is 1. The van der Waals surface area contributed by atoms with Crippen molar-refractivity contribution in [2.75, 3.05) is 19.1 Å². The highest BCUT2D eigenvalue weighted by Gasteiger charge is 2.47. The Morgan fingerprint density at radius 2 is 1.53 bits per heavy atom. The van der Waals surface area contributed by atoms with E-state index in [0.29, 0.717) is 16.8 Å². The van der Waals surface area contributed by atoms with Crippen LogP contribution in [0.4, 0.5) is 5.69 Å². The van der Waals surface area contributed by atoms with Crippen molar-refractivity contribution >= 4 is 40.7 Å². The molecule has 2 N–H and O–H groups in total. The number of hydrogen-bond acceptors (Lipinski definition) is 6. The molecule has 0 aromatic heterocycles. The van der Waals surface area contributed by atoms with E-state index in [2.05, 4.69) is 0 Å². The van der Waals surface area contributed by atoms with Crippen LogP contribution in [0.25, 0.3) is 5.76 Å². The number of aryl methyl sites for hydroxylation is 1. The van der Waals surface area contributed by atoms with Gasteiger partial charge in [-0.3, -0.25) is 19.3 Å². The molecule has 3 aromatic carbocycles. The first-order chi connectivity index (χ1) is 18.2. The van der Waals surface area contributed by atoms with Gasteiger partial charge in [0.1, 0.15) is 17.3 Å². The maximum absolute atomic E-state index is 13.5. The van der Waals surface area contributed by atoms with Crippen molar-refractivity contribution < 1.29 is 34.1 Å². The number of Topliss-reactive ketones (excluding diaryl/α,β-unsaturated/α-hetero) is 1. The van der Waals surface area contributed by atoms with Gasteiger partial charge in [0.15, 0.2) is 0 Å². The fourth-order valence-electron chi connectivity index (χ4n) is 4.49. The number of carbonyl (C=O) groups is 3. The number of ketones is 1. The van der Waals surface area contributed by atoms with E-state index < -0.39 is 29.5 Å². The summed E-state index contributed by atoms with van der Waals surface area (Å²) >= 11 is 6.23. The highest BCUT2D eigenvalue weighted by molar-refractivity contribution is 6.51. The molecule has 3 aromatic rings. The van der Waals surface area contributed by atoms with Gasteiger partial charge in [-0.1, -0.05) is 54.9 Å². The third-order valence-corrected chi connectivity index (χ3v) is 6.74. The van der Waals surface area contributed by atoms with Gasteiger partial charge in [-0.15, -0.1) is 0 Å². The molecular weight excluding hydrogens is 510 g/mol. The van der Waals surface area contributed by atoms with Crippen molar-refractivity contribution in [1.82, 2.24) is 0 Å². The van der Waals surface area contributed by atoms with E-state index in [4.69, 9.17) is 26.2 Å². The Bertz CT molecular complexity index is 1430. The van der Waals surface area contributed by atoms with Gasteiger partial charge >= 0.3 is 5.97 Å². The summed E-state index contributed by atoms with van der Waals surface area (Å²) in [5, 5.41) is 20.8. The van der Waals surface area contributed by atoms with E-state index in [1.165, 1.54) is 31.3 Å². The zero-order valence-electron chi connectivity index (χ0n) is 21.0. The second kappa shape index (κ2) is 11.0. The van der Waals surface area contributed by atoms with Crippen LogP contribution in [0.5, 0.6) is 11.5 Å². The highest BCUT2D eigenvalue weighted by atomic mass is 35.5. The van der Waals surface area contributed by atoms with E-state index in [-0.39, 0.29) is 34.1 Å². The third-order valence-electron chi connectivity index (χ3n) is 6.45. The van der Waals surface area contributed by atoms with E-state index in [9.17, 15) is 19.5 Å². The standard InChI is InChI=1S/C29H26ClNO7/c1-4-16-5-9-18(10-6-16)26-25(27(34)20-14-23(38-3)21(30)15-22(20)37-2)28(35)29(36)31(26)19-11-7-17(8-12-19)13-24(32)33/h5-12,14-15,26,34H,4,13H2,1-3H3,(H,32,33)/b27-25+. The fraction of sp³-hybridized carbons (Fsp3) is 0.207. The first-order valence-electron chi connectivity index (χ1n) is 11.8. The molecule has 1 aliphatic rings. The zero-order valence-corrected chi connectivity index (χ0v) is 21.8. The van der Waals surface area contributed by atoms with Crippen LogP contribution in [-0.2, 0) is 27.2 Å². The number of carboxylic acids is 1. The fourth-order valence-corrected chi connectivity index (χ4v) is 4.72. The molecule has 0 aliphatic carbocycles.